The first-order chi connectivity index (χ1) is 11.2. The van der Waals surface area contributed by atoms with Crippen molar-refractivity contribution in [2.24, 2.45) is 5.92 Å². The molecule has 3 heterocycles. The number of anilines is 1. The maximum absolute atomic E-state index is 12.4. The molecule has 1 saturated carbocycles. The van der Waals surface area contributed by atoms with Gasteiger partial charge in [0.15, 0.2) is 0 Å². The molecule has 1 atom stereocenters. The van der Waals surface area contributed by atoms with E-state index in [1.165, 1.54) is 19.4 Å². The lowest BCUT2D eigenvalue weighted by Gasteiger charge is -2.51. The molecule has 2 aliphatic heterocycles. The van der Waals surface area contributed by atoms with E-state index in [9.17, 15) is 4.79 Å². The molecule has 5 heteroatoms. The number of hydrogen-bond acceptors (Lipinski definition) is 4. The minimum Gasteiger partial charge on any atom is -0.363 e. The van der Waals surface area contributed by atoms with E-state index in [0.29, 0.717) is 0 Å². The monoisotopic (exact) mass is 315 g/mol. The van der Waals surface area contributed by atoms with Crippen molar-refractivity contribution in [1.29, 1.82) is 0 Å². The lowest BCUT2D eigenvalue weighted by Crippen LogP contribution is -2.64. The highest BCUT2D eigenvalue weighted by atomic mass is 16.5. The third kappa shape index (κ3) is 2.88. The maximum atomic E-state index is 12.4. The SMILES string of the molecule is C[C@H]1N(c2cccnc2)C(=O)COC12CCN(CC1CC1)CC2. The van der Waals surface area contributed by atoms with Crippen LogP contribution in [0.1, 0.15) is 32.6 Å². The summed E-state index contributed by atoms with van der Waals surface area (Å²) in [4.78, 5) is 21.1. The van der Waals surface area contributed by atoms with E-state index < -0.39 is 0 Å². The van der Waals surface area contributed by atoms with E-state index in [4.69, 9.17) is 4.74 Å². The molecule has 3 fully saturated rings. The first-order valence-corrected chi connectivity index (χ1v) is 8.76. The van der Waals surface area contributed by atoms with Gasteiger partial charge in [-0.1, -0.05) is 0 Å². The molecule has 0 unspecified atom stereocenters. The molecule has 3 aliphatic rings. The lowest BCUT2D eigenvalue weighted by molar-refractivity contribution is -0.152. The molecule has 0 bridgehead atoms. The smallest absolute Gasteiger partial charge is 0.253 e. The van der Waals surface area contributed by atoms with Gasteiger partial charge in [0.05, 0.1) is 23.5 Å². The van der Waals surface area contributed by atoms with Crippen LogP contribution in [0.4, 0.5) is 5.69 Å². The van der Waals surface area contributed by atoms with Gasteiger partial charge in [0.25, 0.3) is 5.91 Å². The van der Waals surface area contributed by atoms with Gasteiger partial charge < -0.3 is 14.5 Å². The Morgan fingerprint density at radius 2 is 2.13 bits per heavy atom. The highest BCUT2D eigenvalue weighted by molar-refractivity contribution is 5.95. The van der Waals surface area contributed by atoms with Crippen LogP contribution in [-0.2, 0) is 9.53 Å². The van der Waals surface area contributed by atoms with Crippen molar-refractivity contribution in [3.05, 3.63) is 24.5 Å². The molecule has 5 nitrogen and oxygen atoms in total. The highest BCUT2D eigenvalue weighted by Gasteiger charge is 2.48. The molecule has 124 valence electrons. The normalized spacial score (nSPS) is 28.3. The number of hydrogen-bond donors (Lipinski definition) is 0. The first kappa shape index (κ1) is 15.1. The van der Waals surface area contributed by atoms with Crippen LogP contribution in [0.25, 0.3) is 0 Å². The molecule has 23 heavy (non-hydrogen) atoms. The van der Waals surface area contributed by atoms with Crippen molar-refractivity contribution in [3.8, 4) is 0 Å². The highest BCUT2D eigenvalue weighted by Crippen LogP contribution is 2.39. The Morgan fingerprint density at radius 3 is 2.78 bits per heavy atom. The predicted molar refractivity (Wildman–Crippen MR) is 88.3 cm³/mol. The molecule has 0 radical (unpaired) electrons. The van der Waals surface area contributed by atoms with Crippen LogP contribution in [0.15, 0.2) is 24.5 Å². The summed E-state index contributed by atoms with van der Waals surface area (Å²) in [6.07, 6.45) is 8.33. The minimum atomic E-state index is -0.205. The van der Waals surface area contributed by atoms with Gasteiger partial charge in [-0.05, 0) is 50.7 Å². The van der Waals surface area contributed by atoms with Gasteiger partial charge in [-0.25, -0.2) is 0 Å². The maximum Gasteiger partial charge on any atom is 0.253 e. The molecule has 0 aromatic carbocycles. The van der Waals surface area contributed by atoms with Crippen molar-refractivity contribution < 1.29 is 9.53 Å². The Labute approximate surface area is 137 Å². The summed E-state index contributed by atoms with van der Waals surface area (Å²) in [5.74, 6) is 0.971. The summed E-state index contributed by atoms with van der Waals surface area (Å²) in [6, 6.07) is 3.90. The van der Waals surface area contributed by atoms with Gasteiger partial charge in [0, 0.05) is 25.8 Å². The summed E-state index contributed by atoms with van der Waals surface area (Å²) in [7, 11) is 0. The van der Waals surface area contributed by atoms with E-state index in [2.05, 4.69) is 16.8 Å². The van der Waals surface area contributed by atoms with Gasteiger partial charge in [0.1, 0.15) is 6.61 Å². The summed E-state index contributed by atoms with van der Waals surface area (Å²) >= 11 is 0. The second-order valence-corrected chi connectivity index (χ2v) is 7.25. The number of rotatable bonds is 3. The quantitative estimate of drug-likeness (QED) is 0.857. The number of piperidine rings is 1. The zero-order valence-corrected chi connectivity index (χ0v) is 13.8. The Balaban J connectivity index is 1.50. The van der Waals surface area contributed by atoms with E-state index in [-0.39, 0.29) is 24.2 Å². The Hall–Kier alpha value is -1.46. The van der Waals surface area contributed by atoms with E-state index in [1.54, 1.807) is 12.4 Å². The first-order valence-electron chi connectivity index (χ1n) is 8.76. The second kappa shape index (κ2) is 5.87. The van der Waals surface area contributed by atoms with Gasteiger partial charge >= 0.3 is 0 Å². The number of morpholine rings is 1. The number of amides is 1. The summed E-state index contributed by atoms with van der Waals surface area (Å²) in [5, 5.41) is 0. The second-order valence-electron chi connectivity index (χ2n) is 7.25. The number of carbonyl (C=O) groups is 1. The van der Waals surface area contributed by atoms with Crippen LogP contribution in [0.2, 0.25) is 0 Å². The zero-order valence-electron chi connectivity index (χ0n) is 13.8. The molecule has 0 N–H and O–H groups in total. The predicted octanol–water partition coefficient (Wildman–Crippen LogP) is 2.08. The Morgan fingerprint density at radius 1 is 1.35 bits per heavy atom. The summed E-state index contributed by atoms with van der Waals surface area (Å²) in [5.41, 5.74) is 0.678. The van der Waals surface area contributed by atoms with Crippen molar-refractivity contribution in [2.45, 2.75) is 44.2 Å². The van der Waals surface area contributed by atoms with Crippen LogP contribution in [0.3, 0.4) is 0 Å². The summed E-state index contributed by atoms with van der Waals surface area (Å²) < 4.78 is 6.11. The lowest BCUT2D eigenvalue weighted by atomic mass is 9.82. The van der Waals surface area contributed by atoms with Crippen molar-refractivity contribution in [1.82, 2.24) is 9.88 Å². The average molecular weight is 315 g/mol. The van der Waals surface area contributed by atoms with Crippen molar-refractivity contribution >= 4 is 11.6 Å². The van der Waals surface area contributed by atoms with Crippen LogP contribution < -0.4 is 4.90 Å². The molecule has 1 amide bonds. The van der Waals surface area contributed by atoms with Gasteiger partial charge in [-0.15, -0.1) is 0 Å². The number of aromatic nitrogens is 1. The molecule has 1 aromatic heterocycles. The fourth-order valence-corrected chi connectivity index (χ4v) is 4.05. The number of nitrogens with zero attached hydrogens (tertiary/aromatic N) is 3. The van der Waals surface area contributed by atoms with Crippen LogP contribution in [-0.4, -0.2) is 53.7 Å². The number of pyridine rings is 1. The number of likely N-dealkylation sites (tertiary alicyclic amines) is 1. The molecular weight excluding hydrogens is 290 g/mol. The molecule has 2 saturated heterocycles. The fourth-order valence-electron chi connectivity index (χ4n) is 4.05. The fraction of sp³-hybridized carbons (Fsp3) is 0.667. The average Bonchev–Trinajstić information content (AvgIpc) is 3.39. The molecular formula is C18H25N3O2. The molecule has 4 rings (SSSR count). The van der Waals surface area contributed by atoms with Crippen LogP contribution >= 0.6 is 0 Å². The third-order valence-corrected chi connectivity index (χ3v) is 5.74. The van der Waals surface area contributed by atoms with Crippen molar-refractivity contribution in [3.63, 3.8) is 0 Å². The summed E-state index contributed by atoms with van der Waals surface area (Å²) in [6.45, 7) is 5.71. The minimum absolute atomic E-state index is 0.0385. The van der Waals surface area contributed by atoms with Gasteiger partial charge in [-0.3, -0.25) is 9.78 Å². The Kier molecular flexibility index (Phi) is 3.85. The van der Waals surface area contributed by atoms with Crippen LogP contribution in [0.5, 0.6) is 0 Å². The number of ether oxygens (including phenoxy) is 1. The number of carbonyl (C=O) groups excluding carboxylic acids is 1. The molecule has 1 aliphatic carbocycles. The largest absolute Gasteiger partial charge is 0.363 e. The van der Waals surface area contributed by atoms with Gasteiger partial charge in [-0.2, -0.15) is 0 Å². The molecule has 1 aromatic rings. The third-order valence-electron chi connectivity index (χ3n) is 5.74. The van der Waals surface area contributed by atoms with E-state index in [1.807, 2.05) is 17.0 Å². The molecule has 1 spiro atoms. The van der Waals surface area contributed by atoms with E-state index in [0.717, 1.165) is 37.5 Å². The zero-order chi connectivity index (χ0) is 15.9. The van der Waals surface area contributed by atoms with E-state index >= 15 is 0 Å². The van der Waals surface area contributed by atoms with Crippen molar-refractivity contribution in [2.75, 3.05) is 31.1 Å². The van der Waals surface area contributed by atoms with Gasteiger partial charge in [0.2, 0.25) is 0 Å². The topological polar surface area (TPSA) is 45.7 Å². The van der Waals surface area contributed by atoms with Crippen LogP contribution in [0, 0.1) is 5.92 Å². The standard InChI is InChI=1S/C18H25N3O2/c1-14-18(6-9-20(10-7-18)12-15-4-5-15)23-13-17(22)21(14)16-3-2-8-19-11-16/h2-3,8,11,14-15H,4-7,9-10,12-13H2,1H3/t14-/m1/s1. The Bertz CT molecular complexity index is 565.